The lowest BCUT2D eigenvalue weighted by atomic mass is 10.1. The Kier molecular flexibility index (Phi) is 3.69. The predicted molar refractivity (Wildman–Crippen MR) is 70.6 cm³/mol. The van der Waals surface area contributed by atoms with E-state index in [1.54, 1.807) is 23.5 Å². The molecule has 2 aromatic rings. The molecule has 0 atom stereocenters. The molecule has 2 N–H and O–H groups in total. The molecule has 2 rings (SSSR count). The second-order valence-corrected chi connectivity index (χ2v) is 5.09. The number of rotatable bonds is 4. The Morgan fingerprint density at radius 2 is 2.28 bits per heavy atom. The van der Waals surface area contributed by atoms with Crippen molar-refractivity contribution in [3.05, 3.63) is 55.5 Å². The minimum absolute atomic E-state index is 0.119. The summed E-state index contributed by atoms with van der Waals surface area (Å²) >= 11 is 1.56. The van der Waals surface area contributed by atoms with E-state index in [0.29, 0.717) is 13.0 Å². The van der Waals surface area contributed by atoms with Gasteiger partial charge in [-0.1, -0.05) is 12.1 Å². The Balaban J connectivity index is 2.25. The van der Waals surface area contributed by atoms with Gasteiger partial charge in [-0.05, 0) is 12.5 Å². The fourth-order valence-electron chi connectivity index (χ4n) is 1.70. The van der Waals surface area contributed by atoms with E-state index in [-0.39, 0.29) is 10.6 Å². The minimum atomic E-state index is -0.381. The van der Waals surface area contributed by atoms with Gasteiger partial charge in [0, 0.05) is 30.0 Å². The van der Waals surface area contributed by atoms with Crippen LogP contribution in [0.4, 0.5) is 5.69 Å². The average molecular weight is 263 g/mol. The number of benzene rings is 1. The lowest BCUT2D eigenvalue weighted by Gasteiger charge is -1.99. The van der Waals surface area contributed by atoms with Crippen LogP contribution in [0.25, 0.3) is 0 Å². The van der Waals surface area contributed by atoms with Crippen LogP contribution in [0.2, 0.25) is 0 Å². The third-order valence-corrected chi connectivity index (χ3v) is 3.78. The molecule has 0 saturated heterocycles. The molecular weight excluding hydrogens is 250 g/mol. The molecule has 94 valence electrons. The molecule has 6 heteroatoms. The molecule has 0 aliphatic heterocycles. The number of hydrogen-bond acceptors (Lipinski definition) is 5. The monoisotopic (exact) mass is 263 g/mol. The van der Waals surface area contributed by atoms with E-state index < -0.39 is 0 Å². The molecule has 0 aliphatic carbocycles. The van der Waals surface area contributed by atoms with E-state index in [4.69, 9.17) is 5.73 Å². The molecule has 0 aliphatic rings. The summed E-state index contributed by atoms with van der Waals surface area (Å²) in [5.41, 5.74) is 7.53. The number of aromatic nitrogens is 1. The SMILES string of the molecule is Cc1nc(CN)sc1Cc1cccc([N+](=O)[O-])c1. The van der Waals surface area contributed by atoms with Gasteiger partial charge in [0.2, 0.25) is 0 Å². The molecule has 1 aromatic carbocycles. The maximum atomic E-state index is 10.7. The smallest absolute Gasteiger partial charge is 0.269 e. The lowest BCUT2D eigenvalue weighted by molar-refractivity contribution is -0.384. The van der Waals surface area contributed by atoms with Crippen molar-refractivity contribution in [1.29, 1.82) is 0 Å². The van der Waals surface area contributed by atoms with Crippen LogP contribution in [0, 0.1) is 17.0 Å². The van der Waals surface area contributed by atoms with Crippen LogP contribution < -0.4 is 5.73 Å². The van der Waals surface area contributed by atoms with E-state index in [1.165, 1.54) is 6.07 Å². The summed E-state index contributed by atoms with van der Waals surface area (Å²) in [5.74, 6) is 0. The zero-order valence-electron chi connectivity index (χ0n) is 9.92. The molecule has 0 saturated carbocycles. The molecule has 0 spiro atoms. The number of thiazole rings is 1. The Hall–Kier alpha value is -1.79. The highest BCUT2D eigenvalue weighted by Crippen LogP contribution is 2.23. The summed E-state index contributed by atoms with van der Waals surface area (Å²) < 4.78 is 0. The quantitative estimate of drug-likeness (QED) is 0.678. The number of nitro benzene ring substituents is 1. The van der Waals surface area contributed by atoms with Gasteiger partial charge in [-0.2, -0.15) is 0 Å². The first-order valence-electron chi connectivity index (χ1n) is 5.48. The van der Waals surface area contributed by atoms with Gasteiger partial charge in [0.05, 0.1) is 10.6 Å². The van der Waals surface area contributed by atoms with Gasteiger partial charge < -0.3 is 5.73 Å². The highest BCUT2D eigenvalue weighted by molar-refractivity contribution is 7.11. The predicted octanol–water partition coefficient (Wildman–Crippen LogP) is 2.41. The largest absolute Gasteiger partial charge is 0.325 e. The average Bonchev–Trinajstić information content (AvgIpc) is 2.70. The van der Waals surface area contributed by atoms with Gasteiger partial charge in [-0.15, -0.1) is 11.3 Å². The van der Waals surface area contributed by atoms with Crippen LogP contribution in [-0.4, -0.2) is 9.91 Å². The van der Waals surface area contributed by atoms with E-state index in [9.17, 15) is 10.1 Å². The molecule has 1 heterocycles. The first-order chi connectivity index (χ1) is 8.60. The van der Waals surface area contributed by atoms with Crippen molar-refractivity contribution < 1.29 is 4.92 Å². The normalized spacial score (nSPS) is 10.6. The van der Waals surface area contributed by atoms with Crippen molar-refractivity contribution in [3.8, 4) is 0 Å². The number of hydrogen-bond donors (Lipinski definition) is 1. The Bertz CT molecular complexity index is 580. The van der Waals surface area contributed by atoms with Crippen LogP contribution in [0.3, 0.4) is 0 Å². The van der Waals surface area contributed by atoms with Gasteiger partial charge in [0.1, 0.15) is 5.01 Å². The zero-order chi connectivity index (χ0) is 13.1. The Labute approximate surface area is 108 Å². The van der Waals surface area contributed by atoms with E-state index in [2.05, 4.69) is 4.98 Å². The fourth-order valence-corrected chi connectivity index (χ4v) is 2.69. The van der Waals surface area contributed by atoms with Crippen LogP contribution in [0.5, 0.6) is 0 Å². The van der Waals surface area contributed by atoms with Gasteiger partial charge in [-0.25, -0.2) is 4.98 Å². The third kappa shape index (κ3) is 2.72. The number of nitro groups is 1. The second-order valence-electron chi connectivity index (χ2n) is 3.92. The second kappa shape index (κ2) is 5.24. The minimum Gasteiger partial charge on any atom is -0.325 e. The van der Waals surface area contributed by atoms with Gasteiger partial charge in [0.15, 0.2) is 0 Å². The zero-order valence-corrected chi connectivity index (χ0v) is 10.7. The molecule has 0 unspecified atom stereocenters. The van der Waals surface area contributed by atoms with Crippen molar-refractivity contribution in [1.82, 2.24) is 4.98 Å². The van der Waals surface area contributed by atoms with E-state index >= 15 is 0 Å². The Morgan fingerprint density at radius 3 is 2.89 bits per heavy atom. The topological polar surface area (TPSA) is 82.0 Å². The molecule has 0 fully saturated rings. The number of aryl methyl sites for hydroxylation is 1. The van der Waals surface area contributed by atoms with Crippen molar-refractivity contribution >= 4 is 17.0 Å². The summed E-state index contributed by atoms with van der Waals surface area (Å²) in [6.07, 6.45) is 0.658. The summed E-state index contributed by atoms with van der Waals surface area (Å²) in [7, 11) is 0. The first-order valence-corrected chi connectivity index (χ1v) is 6.30. The number of non-ortho nitro benzene ring substituents is 1. The standard InChI is InChI=1S/C12H13N3O2S/c1-8-11(18-12(7-13)14-8)6-9-3-2-4-10(5-9)15(16)17/h2-5H,6-7,13H2,1H3. The number of nitrogens with zero attached hydrogens (tertiary/aromatic N) is 2. The summed E-state index contributed by atoms with van der Waals surface area (Å²) in [6.45, 7) is 2.36. The summed E-state index contributed by atoms with van der Waals surface area (Å²) in [6, 6.07) is 6.68. The molecule has 0 amide bonds. The molecule has 1 aromatic heterocycles. The molecular formula is C12H13N3O2S. The maximum Gasteiger partial charge on any atom is 0.269 e. The van der Waals surface area contributed by atoms with Crippen molar-refractivity contribution in [3.63, 3.8) is 0 Å². The van der Waals surface area contributed by atoms with E-state index in [1.807, 2.05) is 13.0 Å². The van der Waals surface area contributed by atoms with Crippen LogP contribution in [-0.2, 0) is 13.0 Å². The highest BCUT2D eigenvalue weighted by atomic mass is 32.1. The van der Waals surface area contributed by atoms with Crippen molar-refractivity contribution in [2.45, 2.75) is 19.9 Å². The summed E-state index contributed by atoms with van der Waals surface area (Å²) in [5, 5.41) is 11.6. The van der Waals surface area contributed by atoms with Gasteiger partial charge >= 0.3 is 0 Å². The van der Waals surface area contributed by atoms with Crippen molar-refractivity contribution in [2.75, 3.05) is 0 Å². The van der Waals surface area contributed by atoms with Crippen LogP contribution >= 0.6 is 11.3 Å². The molecule has 0 radical (unpaired) electrons. The van der Waals surface area contributed by atoms with E-state index in [0.717, 1.165) is 21.1 Å². The Morgan fingerprint density at radius 1 is 1.50 bits per heavy atom. The first kappa shape index (κ1) is 12.7. The molecule has 0 bridgehead atoms. The maximum absolute atomic E-state index is 10.7. The summed E-state index contributed by atoms with van der Waals surface area (Å²) in [4.78, 5) is 15.8. The third-order valence-electron chi connectivity index (χ3n) is 2.60. The molecule has 18 heavy (non-hydrogen) atoms. The molecule has 5 nitrogen and oxygen atoms in total. The van der Waals surface area contributed by atoms with Crippen LogP contribution in [0.15, 0.2) is 24.3 Å². The number of nitrogens with two attached hydrogens (primary N) is 1. The fraction of sp³-hybridized carbons (Fsp3) is 0.250. The highest BCUT2D eigenvalue weighted by Gasteiger charge is 2.10. The lowest BCUT2D eigenvalue weighted by Crippen LogP contribution is -1.94. The van der Waals surface area contributed by atoms with Crippen molar-refractivity contribution in [2.24, 2.45) is 5.73 Å². The van der Waals surface area contributed by atoms with Crippen LogP contribution in [0.1, 0.15) is 21.1 Å². The van der Waals surface area contributed by atoms with Gasteiger partial charge in [-0.3, -0.25) is 10.1 Å². The van der Waals surface area contributed by atoms with Gasteiger partial charge in [0.25, 0.3) is 5.69 Å².